The molecule has 0 fully saturated rings. The first-order chi connectivity index (χ1) is 37.7. The Bertz CT molecular complexity index is 4630. The minimum atomic E-state index is -0.553. The van der Waals surface area contributed by atoms with Crippen LogP contribution in [0.15, 0.2) is 285 Å². The Morgan fingerprint density at radius 3 is 1.51 bits per heavy atom. The maximum absolute atomic E-state index is 2.53. The van der Waals surface area contributed by atoms with Gasteiger partial charge >= 0.3 is 0 Å². The van der Waals surface area contributed by atoms with Crippen molar-refractivity contribution < 1.29 is 0 Å². The van der Waals surface area contributed by atoms with E-state index in [2.05, 4.69) is 299 Å². The minimum absolute atomic E-state index is 0.553. The van der Waals surface area contributed by atoms with E-state index in [0.717, 1.165) is 39.6 Å². The fraction of sp³-hybridized carbons (Fsp3) is 0.0137. The summed E-state index contributed by atoms with van der Waals surface area (Å²) in [6.45, 7) is 0. The molecule has 0 saturated carbocycles. The van der Waals surface area contributed by atoms with Crippen molar-refractivity contribution in [3.05, 3.63) is 307 Å². The second-order valence-electron chi connectivity index (χ2n) is 20.4. The van der Waals surface area contributed by atoms with E-state index in [0.29, 0.717) is 0 Å². The van der Waals surface area contributed by atoms with Crippen molar-refractivity contribution in [2.75, 3.05) is 4.90 Å². The summed E-state index contributed by atoms with van der Waals surface area (Å²) in [6.07, 6.45) is 0. The highest BCUT2D eigenvalue weighted by molar-refractivity contribution is 6.19. The third kappa shape index (κ3) is 6.05. The van der Waals surface area contributed by atoms with Gasteiger partial charge in [-0.05, 0) is 164 Å². The smallest absolute Gasteiger partial charge is 0.0726 e. The van der Waals surface area contributed by atoms with Gasteiger partial charge in [0.1, 0.15) is 0 Å². The number of benzene rings is 12. The van der Waals surface area contributed by atoms with Gasteiger partial charge in [-0.25, -0.2) is 0 Å². The van der Waals surface area contributed by atoms with Crippen molar-refractivity contribution in [2.45, 2.75) is 5.41 Å². The molecule has 2 heterocycles. The van der Waals surface area contributed by atoms with Crippen molar-refractivity contribution in [3.8, 4) is 55.9 Å². The largest absolute Gasteiger partial charge is 0.310 e. The number of aromatic nitrogens is 2. The van der Waals surface area contributed by atoms with E-state index in [4.69, 9.17) is 0 Å². The summed E-state index contributed by atoms with van der Waals surface area (Å²) in [5.41, 5.74) is 25.0. The summed E-state index contributed by atoms with van der Waals surface area (Å²) < 4.78 is 4.84. The van der Waals surface area contributed by atoms with Gasteiger partial charge in [0.25, 0.3) is 0 Å². The molecule has 0 bridgehead atoms. The van der Waals surface area contributed by atoms with E-state index >= 15 is 0 Å². The second kappa shape index (κ2) is 16.5. The number of fused-ring (bicyclic) bond motifs is 17. The zero-order valence-electron chi connectivity index (χ0n) is 41.5. The van der Waals surface area contributed by atoms with Gasteiger partial charge in [0.15, 0.2) is 0 Å². The number of hydrogen-bond donors (Lipinski definition) is 0. The van der Waals surface area contributed by atoms with Gasteiger partial charge in [-0.1, -0.05) is 188 Å². The summed E-state index contributed by atoms with van der Waals surface area (Å²) in [7, 11) is 0. The predicted octanol–water partition coefficient (Wildman–Crippen LogP) is 19.0. The molecule has 1 spiro atoms. The SMILES string of the molecule is c1ccc(-c2cc(-c3ccc4c(c3)C3(c5ccccc5-4)c4ccccc4-c4c3ccc3c4c4ccccc4n3-c3ccccc3)cc(N(c3ccccc3)c3ccc4c(c3)c3ccccc3n4-c3ccccc3)c2)cc1. The monoisotopic (exact) mass is 965 g/mol. The molecular formula is C73H47N3. The number of hydrogen-bond acceptors (Lipinski definition) is 1. The van der Waals surface area contributed by atoms with E-state index in [1.54, 1.807) is 0 Å². The van der Waals surface area contributed by atoms with Crippen LogP contribution in [0.2, 0.25) is 0 Å². The van der Waals surface area contributed by atoms with Gasteiger partial charge in [-0.3, -0.25) is 0 Å². The molecule has 0 N–H and O–H groups in total. The van der Waals surface area contributed by atoms with Crippen LogP contribution in [0.25, 0.3) is 99.5 Å². The molecule has 0 aliphatic heterocycles. The van der Waals surface area contributed by atoms with Crippen molar-refractivity contribution in [1.29, 1.82) is 0 Å². The van der Waals surface area contributed by atoms with Crippen LogP contribution in [0.4, 0.5) is 17.1 Å². The fourth-order valence-corrected chi connectivity index (χ4v) is 13.4. The van der Waals surface area contributed by atoms with Gasteiger partial charge < -0.3 is 14.0 Å². The van der Waals surface area contributed by atoms with Gasteiger partial charge in [0, 0.05) is 50.0 Å². The van der Waals surface area contributed by atoms with Crippen LogP contribution in [0, 0.1) is 0 Å². The quantitative estimate of drug-likeness (QED) is 0.155. The van der Waals surface area contributed by atoms with E-state index < -0.39 is 5.41 Å². The zero-order valence-corrected chi connectivity index (χ0v) is 41.5. The molecule has 2 aliphatic rings. The minimum Gasteiger partial charge on any atom is -0.310 e. The molecule has 3 nitrogen and oxygen atoms in total. The first-order valence-corrected chi connectivity index (χ1v) is 26.3. The predicted molar refractivity (Wildman–Crippen MR) is 317 cm³/mol. The van der Waals surface area contributed by atoms with Crippen LogP contribution in [-0.4, -0.2) is 9.13 Å². The molecule has 76 heavy (non-hydrogen) atoms. The molecular weight excluding hydrogens is 919 g/mol. The van der Waals surface area contributed by atoms with Crippen LogP contribution in [0.3, 0.4) is 0 Å². The van der Waals surface area contributed by atoms with Gasteiger partial charge in [-0.2, -0.15) is 0 Å². The first kappa shape index (κ1) is 42.5. The lowest BCUT2D eigenvalue weighted by atomic mass is 9.70. The highest BCUT2D eigenvalue weighted by Gasteiger charge is 2.52. The van der Waals surface area contributed by atoms with Gasteiger partial charge in [-0.15, -0.1) is 0 Å². The lowest BCUT2D eigenvalue weighted by molar-refractivity contribution is 0.794. The Hall–Kier alpha value is -9.96. The normalized spacial score (nSPS) is 14.1. The molecule has 3 heteroatoms. The highest BCUT2D eigenvalue weighted by Crippen LogP contribution is 2.65. The number of anilines is 3. The van der Waals surface area contributed by atoms with E-state index in [1.807, 2.05) is 0 Å². The summed E-state index contributed by atoms with van der Waals surface area (Å²) in [4.78, 5) is 2.44. The fourth-order valence-electron chi connectivity index (χ4n) is 13.4. The average Bonchev–Trinajstić information content (AvgIpc) is 3.99. The summed E-state index contributed by atoms with van der Waals surface area (Å²) in [5, 5.41) is 4.99. The molecule has 1 unspecified atom stereocenters. The van der Waals surface area contributed by atoms with Crippen molar-refractivity contribution >= 4 is 60.7 Å². The van der Waals surface area contributed by atoms with Gasteiger partial charge in [0.2, 0.25) is 0 Å². The van der Waals surface area contributed by atoms with Crippen LogP contribution >= 0.6 is 0 Å². The summed E-state index contributed by atoms with van der Waals surface area (Å²) >= 11 is 0. The Labute approximate surface area is 441 Å². The van der Waals surface area contributed by atoms with Crippen molar-refractivity contribution in [2.24, 2.45) is 0 Å². The van der Waals surface area contributed by atoms with Gasteiger partial charge in [0.05, 0.1) is 27.5 Å². The average molecular weight is 966 g/mol. The molecule has 1 atom stereocenters. The molecule has 16 rings (SSSR count). The first-order valence-electron chi connectivity index (χ1n) is 26.3. The zero-order chi connectivity index (χ0) is 49.9. The number of para-hydroxylation sites is 5. The van der Waals surface area contributed by atoms with E-state index in [-0.39, 0.29) is 0 Å². The van der Waals surface area contributed by atoms with Crippen LogP contribution in [-0.2, 0) is 5.41 Å². The molecule has 0 amide bonds. The third-order valence-corrected chi connectivity index (χ3v) is 16.5. The molecule has 0 saturated heterocycles. The summed E-state index contributed by atoms with van der Waals surface area (Å²) in [6, 6.07) is 106. The highest BCUT2D eigenvalue weighted by atomic mass is 15.1. The lowest BCUT2D eigenvalue weighted by Crippen LogP contribution is -2.25. The molecule has 14 aromatic rings. The molecule has 2 aliphatic carbocycles. The number of nitrogens with zero attached hydrogens (tertiary/aromatic N) is 3. The lowest BCUT2D eigenvalue weighted by Gasteiger charge is -2.31. The molecule has 2 aromatic heterocycles. The molecule has 0 radical (unpaired) electrons. The second-order valence-corrected chi connectivity index (χ2v) is 20.4. The summed E-state index contributed by atoms with van der Waals surface area (Å²) in [5.74, 6) is 0. The van der Waals surface area contributed by atoms with Crippen LogP contribution in [0.5, 0.6) is 0 Å². The Kier molecular flexibility index (Phi) is 9.25. The van der Waals surface area contributed by atoms with Crippen molar-refractivity contribution in [1.82, 2.24) is 9.13 Å². The van der Waals surface area contributed by atoms with E-state index in [9.17, 15) is 0 Å². The molecule has 12 aromatic carbocycles. The molecule has 354 valence electrons. The van der Waals surface area contributed by atoms with Crippen molar-refractivity contribution in [3.63, 3.8) is 0 Å². The van der Waals surface area contributed by atoms with Crippen LogP contribution < -0.4 is 4.90 Å². The van der Waals surface area contributed by atoms with E-state index in [1.165, 1.54) is 99.2 Å². The Balaban J connectivity index is 0.933. The van der Waals surface area contributed by atoms with Crippen LogP contribution in [0.1, 0.15) is 22.3 Å². The Morgan fingerprint density at radius 1 is 0.263 bits per heavy atom. The third-order valence-electron chi connectivity index (χ3n) is 16.5. The standard InChI is InChI=1S/C73H47N3/c1-5-21-48(22-6-1)50-43-51(45-56(44-50)74(52-23-7-2-8-24-52)55-38-41-69-62(47-55)59-30-15-19-35-67(59)75(69)53-25-9-3-10-26-53)49-37-39-58-57-29-13-17-33-63(57)73(66(58)46-49)64-34-18-14-31-60(64)71-65(73)40-42-70-72(71)61-32-16-20-36-68(61)76(70)54-27-11-4-12-28-54/h1-47H. The Morgan fingerprint density at radius 2 is 0.789 bits per heavy atom. The number of rotatable bonds is 7. The topological polar surface area (TPSA) is 13.1 Å². The maximum atomic E-state index is 2.53. The maximum Gasteiger partial charge on any atom is 0.0726 e.